The van der Waals surface area contributed by atoms with Crippen molar-refractivity contribution in [2.24, 2.45) is 0 Å². The predicted molar refractivity (Wildman–Crippen MR) is 98.5 cm³/mol. The summed E-state index contributed by atoms with van der Waals surface area (Å²) in [6.45, 7) is 3.60. The number of carbonyl (C=O) groups excluding carboxylic acids is 1. The van der Waals surface area contributed by atoms with Crippen molar-refractivity contribution >= 4 is 22.5 Å². The Bertz CT molecular complexity index is 1050. The lowest BCUT2D eigenvalue weighted by Gasteiger charge is -2.13. The highest BCUT2D eigenvalue weighted by molar-refractivity contribution is 6.02. The number of amides is 2. The van der Waals surface area contributed by atoms with E-state index in [4.69, 9.17) is 0 Å². The van der Waals surface area contributed by atoms with Gasteiger partial charge in [-0.15, -0.1) is 0 Å². The number of nitrogens with zero attached hydrogens (tertiary/aromatic N) is 1. The van der Waals surface area contributed by atoms with Gasteiger partial charge < -0.3 is 10.6 Å². The summed E-state index contributed by atoms with van der Waals surface area (Å²) in [5.74, 6) is -1.38. The predicted octanol–water partition coefficient (Wildman–Crippen LogP) is 5.33. The van der Waals surface area contributed by atoms with Crippen LogP contribution < -0.4 is 10.6 Å². The highest BCUT2D eigenvalue weighted by Crippen LogP contribution is 2.31. The Morgan fingerprint density at radius 1 is 1.07 bits per heavy atom. The van der Waals surface area contributed by atoms with Gasteiger partial charge in [0.25, 0.3) is 0 Å². The molecule has 146 valence electrons. The van der Waals surface area contributed by atoms with E-state index in [1.165, 1.54) is 0 Å². The van der Waals surface area contributed by atoms with Gasteiger partial charge in [-0.05, 0) is 43.7 Å². The molecule has 0 fully saturated rings. The fourth-order valence-electron chi connectivity index (χ4n) is 2.96. The first-order valence-corrected chi connectivity index (χ1v) is 8.42. The van der Waals surface area contributed by atoms with Gasteiger partial charge in [-0.2, -0.15) is 13.2 Å². The first-order valence-electron chi connectivity index (χ1n) is 8.42. The standard InChI is InChI=1S/C20H17F4N3O/c1-11-8-15-14(12(2)26-11)4-3-5-18(15)27-19(28)25-10-13-6-7-16(17(21)9-13)20(22,23)24/h3-9H,10H2,1-2H3,(H2,25,27,28). The maximum atomic E-state index is 13.6. The van der Waals surface area contributed by atoms with Gasteiger partial charge in [0.2, 0.25) is 0 Å². The molecule has 28 heavy (non-hydrogen) atoms. The molecule has 1 heterocycles. The zero-order chi connectivity index (χ0) is 20.5. The van der Waals surface area contributed by atoms with Crippen molar-refractivity contribution in [2.45, 2.75) is 26.6 Å². The van der Waals surface area contributed by atoms with Crippen LogP contribution >= 0.6 is 0 Å². The number of halogens is 4. The van der Waals surface area contributed by atoms with Crippen LogP contribution in [0, 0.1) is 19.7 Å². The fraction of sp³-hybridized carbons (Fsp3) is 0.200. The van der Waals surface area contributed by atoms with E-state index in [9.17, 15) is 22.4 Å². The molecule has 0 aliphatic carbocycles. The Morgan fingerprint density at radius 3 is 2.50 bits per heavy atom. The zero-order valence-electron chi connectivity index (χ0n) is 15.1. The molecule has 0 aliphatic heterocycles. The number of nitrogens with one attached hydrogen (secondary N) is 2. The van der Waals surface area contributed by atoms with Crippen molar-refractivity contribution in [3.05, 3.63) is 70.8 Å². The average molecular weight is 391 g/mol. The molecular formula is C20H17F4N3O. The molecule has 8 heteroatoms. The molecule has 2 amide bonds. The lowest BCUT2D eigenvalue weighted by Crippen LogP contribution is -2.28. The molecular weight excluding hydrogens is 374 g/mol. The second-order valence-electron chi connectivity index (χ2n) is 6.37. The number of aryl methyl sites for hydroxylation is 2. The molecule has 0 unspecified atom stereocenters. The Balaban J connectivity index is 1.72. The van der Waals surface area contributed by atoms with E-state index in [1.54, 1.807) is 12.1 Å². The number of pyridine rings is 1. The van der Waals surface area contributed by atoms with E-state index in [2.05, 4.69) is 15.6 Å². The van der Waals surface area contributed by atoms with E-state index in [-0.39, 0.29) is 12.1 Å². The van der Waals surface area contributed by atoms with E-state index in [1.807, 2.05) is 26.0 Å². The Hall–Kier alpha value is -3.16. The van der Waals surface area contributed by atoms with Crippen LogP contribution in [0.25, 0.3) is 10.8 Å². The van der Waals surface area contributed by atoms with Gasteiger partial charge in [-0.25, -0.2) is 9.18 Å². The molecule has 2 N–H and O–H groups in total. The van der Waals surface area contributed by atoms with Crippen LogP contribution in [-0.4, -0.2) is 11.0 Å². The normalized spacial score (nSPS) is 11.5. The molecule has 2 aromatic carbocycles. The molecule has 0 bridgehead atoms. The zero-order valence-corrected chi connectivity index (χ0v) is 15.1. The molecule has 0 saturated heterocycles. The number of fused-ring (bicyclic) bond motifs is 1. The summed E-state index contributed by atoms with van der Waals surface area (Å²) in [7, 11) is 0. The monoisotopic (exact) mass is 391 g/mol. The van der Waals surface area contributed by atoms with Gasteiger partial charge in [0.05, 0.1) is 11.3 Å². The number of aromatic nitrogens is 1. The number of anilines is 1. The summed E-state index contributed by atoms with van der Waals surface area (Å²) in [5.41, 5.74) is 1.09. The molecule has 4 nitrogen and oxygen atoms in total. The van der Waals surface area contributed by atoms with Crippen molar-refractivity contribution in [3.8, 4) is 0 Å². The van der Waals surface area contributed by atoms with Gasteiger partial charge in [0.15, 0.2) is 0 Å². The van der Waals surface area contributed by atoms with Crippen LogP contribution in [0.15, 0.2) is 42.5 Å². The van der Waals surface area contributed by atoms with Crippen molar-refractivity contribution in [1.82, 2.24) is 10.3 Å². The van der Waals surface area contributed by atoms with Gasteiger partial charge in [-0.1, -0.05) is 18.2 Å². The number of hydrogen-bond acceptors (Lipinski definition) is 2. The number of urea groups is 1. The summed E-state index contributed by atoms with van der Waals surface area (Å²) < 4.78 is 51.4. The summed E-state index contributed by atoms with van der Waals surface area (Å²) >= 11 is 0. The van der Waals surface area contributed by atoms with Crippen LogP contribution in [-0.2, 0) is 12.7 Å². The van der Waals surface area contributed by atoms with Crippen LogP contribution in [0.1, 0.15) is 22.5 Å². The third kappa shape index (κ3) is 4.21. The van der Waals surface area contributed by atoms with Gasteiger partial charge in [-0.3, -0.25) is 4.98 Å². The number of carbonyl (C=O) groups is 1. The summed E-state index contributed by atoms with van der Waals surface area (Å²) in [6, 6.07) is 9.26. The maximum Gasteiger partial charge on any atom is 0.419 e. The summed E-state index contributed by atoms with van der Waals surface area (Å²) in [5, 5.41) is 6.94. The Morgan fingerprint density at radius 2 is 1.82 bits per heavy atom. The molecule has 0 aliphatic rings. The topological polar surface area (TPSA) is 54.0 Å². The molecule has 0 spiro atoms. The molecule has 0 saturated carbocycles. The van der Waals surface area contributed by atoms with Crippen molar-refractivity contribution in [2.75, 3.05) is 5.32 Å². The SMILES string of the molecule is Cc1cc2c(NC(=O)NCc3ccc(C(F)(F)F)c(F)c3)cccc2c(C)n1. The lowest BCUT2D eigenvalue weighted by molar-refractivity contribution is -0.140. The largest absolute Gasteiger partial charge is 0.419 e. The van der Waals surface area contributed by atoms with Crippen molar-refractivity contribution in [3.63, 3.8) is 0 Å². The first-order chi connectivity index (χ1) is 13.1. The minimum absolute atomic E-state index is 0.120. The second-order valence-corrected chi connectivity index (χ2v) is 6.37. The van der Waals surface area contributed by atoms with E-state index < -0.39 is 23.6 Å². The van der Waals surface area contributed by atoms with Crippen molar-refractivity contribution < 1.29 is 22.4 Å². The first kappa shape index (κ1) is 19.6. The quantitative estimate of drug-likeness (QED) is 0.593. The highest BCUT2D eigenvalue weighted by Gasteiger charge is 2.33. The number of rotatable bonds is 3. The van der Waals surface area contributed by atoms with Crippen molar-refractivity contribution in [1.29, 1.82) is 0 Å². The van der Waals surface area contributed by atoms with Crippen LogP contribution in [0.3, 0.4) is 0 Å². The number of hydrogen-bond donors (Lipinski definition) is 2. The fourth-order valence-corrected chi connectivity index (χ4v) is 2.96. The van der Waals surface area contributed by atoms with E-state index >= 15 is 0 Å². The molecule has 1 aromatic heterocycles. The summed E-state index contributed by atoms with van der Waals surface area (Å²) in [6.07, 6.45) is -4.76. The summed E-state index contributed by atoms with van der Waals surface area (Å²) in [4.78, 5) is 16.6. The Kier molecular flexibility index (Phi) is 5.22. The smallest absolute Gasteiger partial charge is 0.334 e. The molecule has 0 atom stereocenters. The van der Waals surface area contributed by atoms with Gasteiger partial charge in [0.1, 0.15) is 5.82 Å². The molecule has 3 rings (SSSR count). The van der Waals surface area contributed by atoms with Gasteiger partial charge >= 0.3 is 12.2 Å². The third-order valence-corrected chi connectivity index (χ3v) is 4.23. The second kappa shape index (κ2) is 7.46. The minimum atomic E-state index is -4.76. The van der Waals surface area contributed by atoms with Gasteiger partial charge in [0, 0.05) is 28.7 Å². The maximum absolute atomic E-state index is 13.6. The average Bonchev–Trinajstić information content (AvgIpc) is 2.59. The Labute approximate surface area is 158 Å². The highest BCUT2D eigenvalue weighted by atomic mass is 19.4. The molecule has 3 aromatic rings. The third-order valence-electron chi connectivity index (χ3n) is 4.23. The van der Waals surface area contributed by atoms with E-state index in [0.717, 1.165) is 34.3 Å². The van der Waals surface area contributed by atoms with Crippen LogP contribution in [0.5, 0.6) is 0 Å². The van der Waals surface area contributed by atoms with Crippen LogP contribution in [0.2, 0.25) is 0 Å². The van der Waals surface area contributed by atoms with Crippen LogP contribution in [0.4, 0.5) is 28.0 Å². The minimum Gasteiger partial charge on any atom is -0.334 e. The van der Waals surface area contributed by atoms with E-state index in [0.29, 0.717) is 11.8 Å². The number of benzene rings is 2. The molecule has 0 radical (unpaired) electrons. The lowest BCUT2D eigenvalue weighted by atomic mass is 10.1. The number of alkyl halides is 3.